The third-order valence-electron chi connectivity index (χ3n) is 1.64. The molecule has 0 aliphatic heterocycles. The Hall–Kier alpha value is -0.680. The van der Waals surface area contributed by atoms with Crippen molar-refractivity contribution in [1.82, 2.24) is 15.1 Å². The second-order valence-electron chi connectivity index (χ2n) is 4.58. The van der Waals surface area contributed by atoms with Crippen LogP contribution in [-0.4, -0.2) is 34.6 Å². The molecule has 0 unspecified atom stereocenters. The van der Waals surface area contributed by atoms with Crippen LogP contribution in [0.2, 0.25) is 4.47 Å². The van der Waals surface area contributed by atoms with Gasteiger partial charge in [0.15, 0.2) is 0 Å². The molecule has 1 rings (SSSR count). The molecule has 0 N–H and O–H groups in total. The van der Waals surface area contributed by atoms with Gasteiger partial charge in [-0.05, 0) is 17.0 Å². The van der Waals surface area contributed by atoms with Crippen molar-refractivity contribution >= 4 is 28.8 Å². The predicted molar refractivity (Wildman–Crippen MR) is 61.3 cm³/mol. The standard InChI is InChI=1S/C9H14ClN3OS/c1-9(2,3)5-13(4)7(14)6-11-12-8(10)15-6/h5H2,1-4H3. The zero-order valence-electron chi connectivity index (χ0n) is 9.24. The van der Waals surface area contributed by atoms with Crippen molar-refractivity contribution in [3.63, 3.8) is 0 Å². The lowest BCUT2D eigenvalue weighted by atomic mass is 9.96. The fourth-order valence-corrected chi connectivity index (χ4v) is 2.06. The number of nitrogens with zero attached hydrogens (tertiary/aromatic N) is 3. The minimum Gasteiger partial charge on any atom is -0.339 e. The van der Waals surface area contributed by atoms with E-state index in [-0.39, 0.29) is 11.3 Å². The Balaban J connectivity index is 2.69. The fourth-order valence-electron chi connectivity index (χ4n) is 1.24. The number of halogens is 1. The van der Waals surface area contributed by atoms with Gasteiger partial charge in [-0.1, -0.05) is 32.1 Å². The molecule has 84 valence electrons. The van der Waals surface area contributed by atoms with Crippen LogP contribution in [0.25, 0.3) is 0 Å². The Bertz CT molecular complexity index is 358. The van der Waals surface area contributed by atoms with Gasteiger partial charge in [0.1, 0.15) is 0 Å². The second kappa shape index (κ2) is 4.45. The molecule has 15 heavy (non-hydrogen) atoms. The van der Waals surface area contributed by atoms with Crippen LogP contribution in [0.5, 0.6) is 0 Å². The molecule has 0 saturated heterocycles. The fraction of sp³-hybridized carbons (Fsp3) is 0.667. The quantitative estimate of drug-likeness (QED) is 0.806. The third kappa shape index (κ3) is 3.76. The maximum atomic E-state index is 11.8. The molecular formula is C9H14ClN3OS. The first-order valence-electron chi connectivity index (χ1n) is 4.54. The summed E-state index contributed by atoms with van der Waals surface area (Å²) in [6, 6.07) is 0. The van der Waals surface area contributed by atoms with E-state index in [1.54, 1.807) is 11.9 Å². The highest BCUT2D eigenvalue weighted by Crippen LogP contribution is 2.19. The van der Waals surface area contributed by atoms with Gasteiger partial charge in [0.2, 0.25) is 9.47 Å². The van der Waals surface area contributed by atoms with Crippen LogP contribution in [0.15, 0.2) is 0 Å². The lowest BCUT2D eigenvalue weighted by Crippen LogP contribution is -2.34. The first kappa shape index (κ1) is 12.4. The third-order valence-corrected chi connectivity index (χ3v) is 2.65. The average Bonchev–Trinajstić information content (AvgIpc) is 2.47. The Kier molecular flexibility index (Phi) is 3.67. The number of rotatable bonds is 2. The van der Waals surface area contributed by atoms with E-state index >= 15 is 0 Å². The summed E-state index contributed by atoms with van der Waals surface area (Å²) in [5.41, 5.74) is 0.0683. The molecule has 0 atom stereocenters. The smallest absolute Gasteiger partial charge is 0.284 e. The van der Waals surface area contributed by atoms with Gasteiger partial charge in [0.05, 0.1) is 0 Å². The summed E-state index contributed by atoms with van der Waals surface area (Å²) in [5, 5.41) is 7.65. The van der Waals surface area contributed by atoms with Crippen molar-refractivity contribution < 1.29 is 4.79 Å². The molecule has 4 nitrogen and oxygen atoms in total. The van der Waals surface area contributed by atoms with Crippen molar-refractivity contribution in [1.29, 1.82) is 0 Å². The summed E-state index contributed by atoms with van der Waals surface area (Å²) < 4.78 is 0.294. The zero-order valence-corrected chi connectivity index (χ0v) is 10.8. The average molecular weight is 248 g/mol. The van der Waals surface area contributed by atoms with Crippen LogP contribution in [0.3, 0.4) is 0 Å². The summed E-state index contributed by atoms with van der Waals surface area (Å²) in [4.78, 5) is 13.4. The van der Waals surface area contributed by atoms with Crippen LogP contribution in [0.1, 0.15) is 30.6 Å². The first-order chi connectivity index (χ1) is 6.79. The largest absolute Gasteiger partial charge is 0.339 e. The van der Waals surface area contributed by atoms with E-state index in [0.717, 1.165) is 11.3 Å². The van der Waals surface area contributed by atoms with Gasteiger partial charge < -0.3 is 4.90 Å². The van der Waals surface area contributed by atoms with E-state index in [0.29, 0.717) is 16.0 Å². The normalized spacial score (nSPS) is 11.5. The van der Waals surface area contributed by atoms with Gasteiger partial charge in [-0.15, -0.1) is 10.2 Å². The Labute approximate surface area is 98.3 Å². The topological polar surface area (TPSA) is 46.1 Å². The summed E-state index contributed by atoms with van der Waals surface area (Å²) >= 11 is 6.72. The molecular weight excluding hydrogens is 234 g/mol. The highest BCUT2D eigenvalue weighted by Gasteiger charge is 2.21. The SMILES string of the molecule is CN(CC(C)(C)C)C(=O)c1nnc(Cl)s1. The summed E-state index contributed by atoms with van der Waals surface area (Å²) in [6.45, 7) is 6.89. The van der Waals surface area contributed by atoms with E-state index in [1.165, 1.54) is 0 Å². The Morgan fingerprint density at radius 2 is 2.07 bits per heavy atom. The van der Waals surface area contributed by atoms with Gasteiger partial charge in [0, 0.05) is 13.6 Å². The monoisotopic (exact) mass is 247 g/mol. The molecule has 0 bridgehead atoms. The van der Waals surface area contributed by atoms with Crippen molar-refractivity contribution in [2.45, 2.75) is 20.8 Å². The summed E-state index contributed by atoms with van der Waals surface area (Å²) in [6.07, 6.45) is 0. The molecule has 1 aromatic heterocycles. The first-order valence-corrected chi connectivity index (χ1v) is 5.73. The van der Waals surface area contributed by atoms with Crippen molar-refractivity contribution in [2.24, 2.45) is 5.41 Å². The van der Waals surface area contributed by atoms with Crippen LogP contribution in [0.4, 0.5) is 0 Å². The summed E-state index contributed by atoms with van der Waals surface area (Å²) in [7, 11) is 1.75. The molecule has 0 aromatic carbocycles. The molecule has 1 heterocycles. The van der Waals surface area contributed by atoms with Gasteiger partial charge >= 0.3 is 0 Å². The van der Waals surface area contributed by atoms with Crippen LogP contribution < -0.4 is 0 Å². The van der Waals surface area contributed by atoms with Crippen LogP contribution >= 0.6 is 22.9 Å². The van der Waals surface area contributed by atoms with E-state index in [4.69, 9.17) is 11.6 Å². The number of amides is 1. The van der Waals surface area contributed by atoms with Crippen LogP contribution in [0, 0.1) is 5.41 Å². The lowest BCUT2D eigenvalue weighted by molar-refractivity contribution is 0.0744. The Morgan fingerprint density at radius 1 is 1.47 bits per heavy atom. The molecule has 0 fully saturated rings. The molecule has 1 aromatic rings. The van der Waals surface area contributed by atoms with Crippen molar-refractivity contribution in [3.8, 4) is 0 Å². The molecule has 1 amide bonds. The van der Waals surface area contributed by atoms with E-state index < -0.39 is 0 Å². The number of aromatic nitrogens is 2. The van der Waals surface area contributed by atoms with Gasteiger partial charge in [0.25, 0.3) is 5.91 Å². The molecule has 0 aliphatic rings. The zero-order chi connectivity index (χ0) is 11.6. The number of hydrogen-bond donors (Lipinski definition) is 0. The van der Waals surface area contributed by atoms with Gasteiger partial charge in [-0.3, -0.25) is 4.79 Å². The molecule has 0 spiro atoms. The number of carbonyl (C=O) groups is 1. The highest BCUT2D eigenvalue weighted by atomic mass is 35.5. The van der Waals surface area contributed by atoms with E-state index in [9.17, 15) is 4.79 Å². The van der Waals surface area contributed by atoms with Gasteiger partial charge in [-0.2, -0.15) is 0 Å². The maximum absolute atomic E-state index is 11.8. The molecule has 0 saturated carbocycles. The van der Waals surface area contributed by atoms with Crippen molar-refractivity contribution in [2.75, 3.05) is 13.6 Å². The van der Waals surface area contributed by atoms with Crippen molar-refractivity contribution in [3.05, 3.63) is 9.47 Å². The van der Waals surface area contributed by atoms with E-state index in [1.807, 2.05) is 0 Å². The van der Waals surface area contributed by atoms with E-state index in [2.05, 4.69) is 31.0 Å². The van der Waals surface area contributed by atoms with Gasteiger partial charge in [-0.25, -0.2) is 0 Å². The maximum Gasteiger partial charge on any atom is 0.284 e. The molecule has 6 heteroatoms. The highest BCUT2D eigenvalue weighted by molar-refractivity contribution is 7.17. The Morgan fingerprint density at radius 3 is 2.47 bits per heavy atom. The minimum atomic E-state index is -0.130. The molecule has 0 radical (unpaired) electrons. The lowest BCUT2D eigenvalue weighted by Gasteiger charge is -2.25. The molecule has 0 aliphatic carbocycles. The summed E-state index contributed by atoms with van der Waals surface area (Å²) in [5.74, 6) is -0.130. The second-order valence-corrected chi connectivity index (χ2v) is 6.14. The van der Waals surface area contributed by atoms with Crippen LogP contribution in [-0.2, 0) is 0 Å². The minimum absolute atomic E-state index is 0.0683. The number of carbonyl (C=O) groups excluding carboxylic acids is 1. The number of hydrogen-bond acceptors (Lipinski definition) is 4. The predicted octanol–water partition coefficient (Wildman–Crippen LogP) is 2.31.